The van der Waals surface area contributed by atoms with E-state index < -0.39 is 0 Å². The van der Waals surface area contributed by atoms with Gasteiger partial charge in [-0.25, -0.2) is 4.79 Å². The average molecular weight is 556 g/mol. The number of carbonyl (C=O) groups is 1. The summed E-state index contributed by atoms with van der Waals surface area (Å²) in [6, 6.07) is 3.59. The second-order valence-corrected chi connectivity index (χ2v) is 9.35. The number of benzene rings is 1. The largest absolute Gasteiger partial charge is 0.506 e. The first-order chi connectivity index (χ1) is 11.5. The zero-order valence-corrected chi connectivity index (χ0v) is 18.0. The van der Waals surface area contributed by atoms with E-state index in [0.29, 0.717) is 15.1 Å². The number of ether oxygens (including phenoxy) is 1. The fraction of sp³-hybridized carbons (Fsp3) is 0.611. The van der Waals surface area contributed by atoms with Crippen molar-refractivity contribution in [2.75, 3.05) is 13.1 Å². The Morgan fingerprint density at radius 1 is 1.17 bits per heavy atom. The van der Waals surface area contributed by atoms with Gasteiger partial charge in [0.15, 0.2) is 0 Å². The molecule has 1 saturated heterocycles. The van der Waals surface area contributed by atoms with Crippen molar-refractivity contribution in [2.24, 2.45) is 5.92 Å². The fourth-order valence-corrected chi connectivity index (χ4v) is 5.99. The summed E-state index contributed by atoms with van der Waals surface area (Å²) in [6.07, 6.45) is 7.92. The molecule has 3 N–H and O–H groups in total. The molecule has 1 aromatic carbocycles. The Morgan fingerprint density at radius 3 is 2.50 bits per heavy atom. The monoisotopic (exact) mass is 556 g/mol. The van der Waals surface area contributed by atoms with Crippen molar-refractivity contribution in [2.45, 2.75) is 50.5 Å². The van der Waals surface area contributed by atoms with Gasteiger partial charge >= 0.3 is 5.97 Å². The standard InChI is InChI=1S/C18H23I2NO3/c19-13-10-14(16(22)15(20)11-13)17(23)24-18(6-8-21-9-7-18)12-4-2-1-3-5-12/h10-12,21-22H,1-9H2/p+1. The van der Waals surface area contributed by atoms with Crippen LogP contribution < -0.4 is 5.32 Å². The van der Waals surface area contributed by atoms with Crippen LogP contribution in [-0.4, -0.2) is 29.8 Å². The van der Waals surface area contributed by atoms with Gasteiger partial charge in [0.1, 0.15) is 16.9 Å². The molecule has 0 bridgehead atoms. The van der Waals surface area contributed by atoms with Crippen molar-refractivity contribution in [1.82, 2.24) is 0 Å². The summed E-state index contributed by atoms with van der Waals surface area (Å²) in [5.74, 6) is 0.145. The number of piperidine rings is 1. The molecule has 1 aliphatic heterocycles. The number of quaternary nitrogens is 1. The molecule has 24 heavy (non-hydrogen) atoms. The zero-order chi connectivity index (χ0) is 17.2. The number of phenols is 1. The van der Waals surface area contributed by atoms with E-state index in [1.54, 1.807) is 6.07 Å². The van der Waals surface area contributed by atoms with E-state index in [4.69, 9.17) is 4.74 Å². The SMILES string of the molecule is O=C(OC1(C2CCCCC2)CC[NH2+]CC1)c1cc(I)cc(I)c1O. The number of aromatic hydroxyl groups is 1. The lowest BCUT2D eigenvalue weighted by atomic mass is 9.72. The Kier molecular flexibility index (Phi) is 6.29. The molecule has 0 radical (unpaired) electrons. The molecule has 2 fully saturated rings. The summed E-state index contributed by atoms with van der Waals surface area (Å²) in [4.78, 5) is 12.9. The molecule has 0 amide bonds. The molecule has 3 rings (SSSR count). The van der Waals surface area contributed by atoms with Gasteiger partial charge in [-0.3, -0.25) is 0 Å². The van der Waals surface area contributed by atoms with E-state index >= 15 is 0 Å². The normalized spacial score (nSPS) is 21.4. The lowest BCUT2D eigenvalue weighted by molar-refractivity contribution is -0.668. The average Bonchev–Trinajstić information content (AvgIpc) is 2.59. The number of nitrogens with two attached hydrogens (primary N) is 1. The van der Waals surface area contributed by atoms with E-state index in [9.17, 15) is 9.90 Å². The van der Waals surface area contributed by atoms with E-state index in [2.05, 4.69) is 50.5 Å². The Bertz CT molecular complexity index is 609. The lowest BCUT2D eigenvalue weighted by Crippen LogP contribution is -2.88. The fourth-order valence-electron chi connectivity index (χ4n) is 4.15. The highest BCUT2D eigenvalue weighted by atomic mass is 127. The van der Waals surface area contributed by atoms with Crippen molar-refractivity contribution in [1.29, 1.82) is 0 Å². The summed E-state index contributed by atoms with van der Waals surface area (Å²) < 4.78 is 7.80. The Balaban J connectivity index is 1.86. The number of hydrogen-bond donors (Lipinski definition) is 2. The summed E-state index contributed by atoms with van der Waals surface area (Å²) in [6.45, 7) is 2.03. The van der Waals surface area contributed by atoms with Gasteiger partial charge < -0.3 is 15.2 Å². The number of hydrogen-bond acceptors (Lipinski definition) is 3. The van der Waals surface area contributed by atoms with Crippen LogP contribution in [0.15, 0.2) is 12.1 Å². The number of esters is 1. The first-order valence-corrected chi connectivity index (χ1v) is 10.9. The third kappa shape index (κ3) is 4.00. The van der Waals surface area contributed by atoms with Gasteiger partial charge in [-0.15, -0.1) is 0 Å². The Morgan fingerprint density at radius 2 is 1.83 bits per heavy atom. The predicted molar refractivity (Wildman–Crippen MR) is 109 cm³/mol. The minimum atomic E-state index is -0.364. The molecule has 0 unspecified atom stereocenters. The third-order valence-corrected chi connectivity index (χ3v) is 6.88. The van der Waals surface area contributed by atoms with Gasteiger partial charge in [-0.05, 0) is 76.1 Å². The van der Waals surface area contributed by atoms with E-state index in [1.807, 2.05) is 6.07 Å². The molecule has 0 atom stereocenters. The molecule has 1 heterocycles. The summed E-state index contributed by atoms with van der Waals surface area (Å²) >= 11 is 4.23. The molecule has 0 aromatic heterocycles. The van der Waals surface area contributed by atoms with Crippen molar-refractivity contribution in [3.05, 3.63) is 24.8 Å². The van der Waals surface area contributed by atoms with Crippen LogP contribution in [-0.2, 0) is 4.74 Å². The Labute approximate surface area is 170 Å². The maximum atomic E-state index is 12.9. The van der Waals surface area contributed by atoms with Crippen molar-refractivity contribution >= 4 is 51.2 Å². The van der Waals surface area contributed by atoms with Crippen LogP contribution >= 0.6 is 45.2 Å². The summed E-state index contributed by atoms with van der Waals surface area (Å²) in [7, 11) is 0. The van der Waals surface area contributed by atoms with Crippen LogP contribution in [0, 0.1) is 13.1 Å². The quantitative estimate of drug-likeness (QED) is 0.444. The molecule has 4 nitrogen and oxygen atoms in total. The summed E-state index contributed by atoms with van der Waals surface area (Å²) in [5, 5.41) is 12.6. The van der Waals surface area contributed by atoms with E-state index in [-0.39, 0.29) is 17.3 Å². The Hall–Kier alpha value is -0.0900. The summed E-state index contributed by atoms with van der Waals surface area (Å²) in [5.41, 5.74) is -0.0400. The molecule has 2 aliphatic rings. The zero-order valence-electron chi connectivity index (χ0n) is 13.7. The van der Waals surface area contributed by atoms with Crippen molar-refractivity contribution in [3.63, 3.8) is 0 Å². The maximum absolute atomic E-state index is 12.9. The second kappa shape index (κ2) is 8.07. The lowest BCUT2D eigenvalue weighted by Gasteiger charge is -2.43. The number of phenolic OH excluding ortho intramolecular Hbond substituents is 1. The third-order valence-electron chi connectivity index (χ3n) is 5.44. The molecule has 6 heteroatoms. The van der Waals surface area contributed by atoms with Gasteiger partial charge in [0.05, 0.1) is 16.7 Å². The van der Waals surface area contributed by atoms with Crippen molar-refractivity contribution < 1.29 is 20.0 Å². The molecule has 1 aromatic rings. The highest BCUT2D eigenvalue weighted by Gasteiger charge is 2.45. The number of carbonyl (C=O) groups excluding carboxylic acids is 1. The molecule has 1 aliphatic carbocycles. The smallest absolute Gasteiger partial charge is 0.342 e. The minimum Gasteiger partial charge on any atom is -0.506 e. The molecule has 0 spiro atoms. The predicted octanol–water partition coefficient (Wildman–Crippen LogP) is 3.43. The van der Waals surface area contributed by atoms with E-state index in [0.717, 1.165) is 42.3 Å². The van der Waals surface area contributed by atoms with Gasteiger partial charge in [0, 0.05) is 16.4 Å². The van der Waals surface area contributed by atoms with Gasteiger partial charge in [-0.1, -0.05) is 19.3 Å². The number of halogens is 2. The van der Waals surface area contributed by atoms with E-state index in [1.165, 1.54) is 19.3 Å². The van der Waals surface area contributed by atoms with Crippen LogP contribution in [0.25, 0.3) is 0 Å². The maximum Gasteiger partial charge on any atom is 0.342 e. The first-order valence-electron chi connectivity index (χ1n) is 8.75. The second-order valence-electron chi connectivity index (χ2n) is 6.94. The highest BCUT2D eigenvalue weighted by Crippen LogP contribution is 2.41. The minimum absolute atomic E-state index is 0.0437. The van der Waals surface area contributed by atoms with Crippen LogP contribution in [0.3, 0.4) is 0 Å². The van der Waals surface area contributed by atoms with Crippen molar-refractivity contribution in [3.8, 4) is 5.75 Å². The highest BCUT2D eigenvalue weighted by molar-refractivity contribution is 14.1. The van der Waals surface area contributed by atoms with Crippen LogP contribution in [0.4, 0.5) is 0 Å². The first kappa shape index (κ1) is 18.7. The topological polar surface area (TPSA) is 63.1 Å². The van der Waals surface area contributed by atoms with Gasteiger partial charge in [0.25, 0.3) is 0 Å². The molecule has 1 saturated carbocycles. The molecular weight excluding hydrogens is 532 g/mol. The van der Waals surface area contributed by atoms with Gasteiger partial charge in [-0.2, -0.15) is 0 Å². The molecule has 132 valence electrons. The molecular formula is C18H24I2NO3+. The van der Waals surface area contributed by atoms with Crippen LogP contribution in [0.5, 0.6) is 5.75 Å². The number of rotatable bonds is 3. The van der Waals surface area contributed by atoms with Gasteiger partial charge in [0.2, 0.25) is 0 Å². The van der Waals surface area contributed by atoms with Crippen LogP contribution in [0.2, 0.25) is 0 Å². The van der Waals surface area contributed by atoms with Crippen LogP contribution in [0.1, 0.15) is 55.3 Å².